The van der Waals surface area contributed by atoms with Crippen LogP contribution in [0.4, 0.5) is 4.79 Å². The standard InChI is InChI=1S/C13H15NO5/c15-9-8-14(7-6-12(16)17)13(18)19-10-11-4-2-1-3-5-11/h1-5,9H,6-8,10H2,(H,16,17). The first-order valence-electron chi connectivity index (χ1n) is 5.74. The van der Waals surface area contributed by atoms with Gasteiger partial charge < -0.3 is 19.5 Å². The van der Waals surface area contributed by atoms with Crippen molar-refractivity contribution in [1.82, 2.24) is 4.90 Å². The van der Waals surface area contributed by atoms with Crippen LogP contribution >= 0.6 is 0 Å². The SMILES string of the molecule is O=CCN(CCC(=O)O)C(=O)OCc1ccccc1. The van der Waals surface area contributed by atoms with Gasteiger partial charge in [0.1, 0.15) is 12.9 Å². The van der Waals surface area contributed by atoms with Gasteiger partial charge in [-0.05, 0) is 5.56 Å². The van der Waals surface area contributed by atoms with E-state index in [2.05, 4.69) is 0 Å². The Balaban J connectivity index is 2.47. The number of amides is 1. The van der Waals surface area contributed by atoms with Crippen molar-refractivity contribution >= 4 is 18.3 Å². The predicted molar refractivity (Wildman–Crippen MR) is 66.5 cm³/mol. The van der Waals surface area contributed by atoms with Gasteiger partial charge >= 0.3 is 12.1 Å². The van der Waals surface area contributed by atoms with E-state index in [4.69, 9.17) is 9.84 Å². The van der Waals surface area contributed by atoms with Crippen LogP contribution < -0.4 is 0 Å². The fourth-order valence-electron chi connectivity index (χ4n) is 1.39. The molecule has 0 aliphatic rings. The van der Waals surface area contributed by atoms with Gasteiger partial charge in [0.2, 0.25) is 0 Å². The van der Waals surface area contributed by atoms with Crippen molar-refractivity contribution in [3.05, 3.63) is 35.9 Å². The summed E-state index contributed by atoms with van der Waals surface area (Å²) in [6.07, 6.45) is -0.392. The summed E-state index contributed by atoms with van der Waals surface area (Å²) >= 11 is 0. The normalized spacial score (nSPS) is 9.68. The monoisotopic (exact) mass is 265 g/mol. The Hall–Kier alpha value is -2.37. The second-order valence-corrected chi connectivity index (χ2v) is 3.80. The number of carbonyl (C=O) groups is 3. The number of hydrogen-bond donors (Lipinski definition) is 1. The summed E-state index contributed by atoms with van der Waals surface area (Å²) < 4.78 is 5.01. The molecule has 102 valence electrons. The predicted octanol–water partition coefficient (Wildman–Crippen LogP) is 1.30. The van der Waals surface area contributed by atoms with E-state index in [9.17, 15) is 14.4 Å². The molecule has 1 aromatic rings. The zero-order chi connectivity index (χ0) is 14.1. The number of aliphatic carboxylic acids is 1. The summed E-state index contributed by atoms with van der Waals surface area (Å²) in [7, 11) is 0. The topological polar surface area (TPSA) is 83.9 Å². The first-order valence-corrected chi connectivity index (χ1v) is 5.74. The van der Waals surface area contributed by atoms with E-state index in [1.165, 1.54) is 0 Å². The quantitative estimate of drug-likeness (QED) is 0.751. The van der Waals surface area contributed by atoms with Crippen LogP contribution in [-0.4, -0.2) is 41.4 Å². The molecule has 0 unspecified atom stereocenters. The highest BCUT2D eigenvalue weighted by atomic mass is 16.6. The smallest absolute Gasteiger partial charge is 0.410 e. The number of rotatable bonds is 7. The number of benzene rings is 1. The van der Waals surface area contributed by atoms with Gasteiger partial charge in [0.25, 0.3) is 0 Å². The zero-order valence-electron chi connectivity index (χ0n) is 10.3. The number of hydrogen-bond acceptors (Lipinski definition) is 4. The number of carboxylic acids is 1. The zero-order valence-corrected chi connectivity index (χ0v) is 10.3. The van der Waals surface area contributed by atoms with Gasteiger partial charge in [-0.1, -0.05) is 30.3 Å². The summed E-state index contributed by atoms with van der Waals surface area (Å²) in [5.74, 6) is -1.04. The molecule has 0 bridgehead atoms. The third-order valence-corrected chi connectivity index (χ3v) is 2.35. The van der Waals surface area contributed by atoms with Gasteiger partial charge in [-0.2, -0.15) is 0 Å². The highest BCUT2D eigenvalue weighted by Crippen LogP contribution is 2.03. The average molecular weight is 265 g/mol. The molecule has 1 aromatic carbocycles. The van der Waals surface area contributed by atoms with Crippen LogP contribution in [0.1, 0.15) is 12.0 Å². The lowest BCUT2D eigenvalue weighted by molar-refractivity contribution is -0.137. The van der Waals surface area contributed by atoms with Crippen molar-refractivity contribution in [2.45, 2.75) is 13.0 Å². The van der Waals surface area contributed by atoms with Gasteiger partial charge in [-0.3, -0.25) is 4.79 Å². The van der Waals surface area contributed by atoms with Crippen LogP contribution in [-0.2, 0) is 20.9 Å². The minimum absolute atomic E-state index is 0.0539. The van der Waals surface area contributed by atoms with E-state index in [0.29, 0.717) is 6.29 Å². The molecule has 1 N–H and O–H groups in total. The molecular formula is C13H15NO5. The maximum atomic E-state index is 11.7. The lowest BCUT2D eigenvalue weighted by Gasteiger charge is -2.18. The summed E-state index contributed by atoms with van der Waals surface area (Å²) in [4.78, 5) is 33.6. The molecule has 0 atom stereocenters. The Morgan fingerprint density at radius 2 is 1.95 bits per heavy atom. The van der Waals surface area contributed by atoms with E-state index < -0.39 is 12.1 Å². The van der Waals surface area contributed by atoms with E-state index >= 15 is 0 Å². The van der Waals surface area contributed by atoms with Gasteiger partial charge in [-0.15, -0.1) is 0 Å². The molecule has 0 heterocycles. The highest BCUT2D eigenvalue weighted by molar-refractivity contribution is 5.73. The molecule has 6 heteroatoms. The summed E-state index contributed by atoms with van der Waals surface area (Å²) in [5, 5.41) is 8.55. The Morgan fingerprint density at radius 1 is 1.26 bits per heavy atom. The van der Waals surface area contributed by atoms with Crippen LogP contribution in [0.2, 0.25) is 0 Å². The molecular weight excluding hydrogens is 250 g/mol. The number of carboxylic acid groups (broad SMARTS) is 1. The van der Waals surface area contributed by atoms with Crippen molar-refractivity contribution in [3.63, 3.8) is 0 Å². The molecule has 1 rings (SSSR count). The molecule has 0 aliphatic heterocycles. The molecule has 1 amide bonds. The molecule has 0 radical (unpaired) electrons. The second kappa shape index (κ2) is 7.86. The van der Waals surface area contributed by atoms with E-state index in [1.54, 1.807) is 12.1 Å². The van der Waals surface area contributed by atoms with Crippen molar-refractivity contribution < 1.29 is 24.2 Å². The highest BCUT2D eigenvalue weighted by Gasteiger charge is 2.15. The number of ether oxygens (including phenoxy) is 1. The Morgan fingerprint density at radius 3 is 2.53 bits per heavy atom. The summed E-state index contributed by atoms with van der Waals surface area (Å²) in [6.45, 7) is -0.148. The summed E-state index contributed by atoms with van der Waals surface area (Å²) in [5.41, 5.74) is 0.820. The maximum Gasteiger partial charge on any atom is 0.410 e. The number of carbonyl (C=O) groups excluding carboxylic acids is 2. The Kier molecular flexibility index (Phi) is 6.08. The van der Waals surface area contributed by atoms with Gasteiger partial charge in [-0.25, -0.2) is 4.79 Å². The van der Waals surface area contributed by atoms with E-state index in [0.717, 1.165) is 10.5 Å². The molecule has 0 fully saturated rings. The van der Waals surface area contributed by atoms with Crippen LogP contribution in [0.15, 0.2) is 30.3 Å². The third kappa shape index (κ3) is 5.67. The Bertz CT molecular complexity index is 432. The first kappa shape index (κ1) is 14.7. The number of nitrogens with zero attached hydrogens (tertiary/aromatic N) is 1. The number of aldehydes is 1. The molecule has 0 saturated carbocycles. The van der Waals surface area contributed by atoms with Crippen molar-refractivity contribution in [2.75, 3.05) is 13.1 Å². The summed E-state index contributed by atoms with van der Waals surface area (Å²) in [6, 6.07) is 9.08. The average Bonchev–Trinajstić information content (AvgIpc) is 2.41. The van der Waals surface area contributed by atoms with E-state index in [-0.39, 0.29) is 26.1 Å². The van der Waals surface area contributed by atoms with Crippen LogP contribution in [0.5, 0.6) is 0 Å². The molecule has 0 aromatic heterocycles. The molecule has 19 heavy (non-hydrogen) atoms. The minimum atomic E-state index is -1.04. The molecule has 6 nitrogen and oxygen atoms in total. The van der Waals surface area contributed by atoms with Crippen LogP contribution in [0.3, 0.4) is 0 Å². The third-order valence-electron chi connectivity index (χ3n) is 2.35. The molecule has 0 spiro atoms. The lowest BCUT2D eigenvalue weighted by Crippen LogP contribution is -2.34. The maximum absolute atomic E-state index is 11.7. The van der Waals surface area contributed by atoms with Gasteiger partial charge in [0.15, 0.2) is 0 Å². The van der Waals surface area contributed by atoms with E-state index in [1.807, 2.05) is 18.2 Å². The van der Waals surface area contributed by atoms with Crippen molar-refractivity contribution in [3.8, 4) is 0 Å². The van der Waals surface area contributed by atoms with Crippen LogP contribution in [0.25, 0.3) is 0 Å². The van der Waals surface area contributed by atoms with Gasteiger partial charge in [0, 0.05) is 6.54 Å². The molecule has 0 saturated heterocycles. The van der Waals surface area contributed by atoms with Crippen LogP contribution in [0, 0.1) is 0 Å². The second-order valence-electron chi connectivity index (χ2n) is 3.80. The first-order chi connectivity index (χ1) is 9.13. The minimum Gasteiger partial charge on any atom is -0.481 e. The van der Waals surface area contributed by atoms with Crippen molar-refractivity contribution in [2.24, 2.45) is 0 Å². The largest absolute Gasteiger partial charge is 0.481 e. The molecule has 0 aliphatic carbocycles. The van der Waals surface area contributed by atoms with Gasteiger partial charge in [0.05, 0.1) is 13.0 Å². The van der Waals surface area contributed by atoms with Crippen molar-refractivity contribution in [1.29, 1.82) is 0 Å². The Labute approximate surface area is 110 Å². The lowest BCUT2D eigenvalue weighted by atomic mass is 10.2. The fraction of sp³-hybridized carbons (Fsp3) is 0.308. The fourth-order valence-corrected chi connectivity index (χ4v) is 1.39.